The molecule has 0 spiro atoms. The van der Waals surface area contributed by atoms with Gasteiger partial charge < -0.3 is 14.6 Å². The zero-order chi connectivity index (χ0) is 9.52. The van der Waals surface area contributed by atoms with Crippen molar-refractivity contribution in [1.82, 2.24) is 0 Å². The molecule has 2 atom stereocenters. The van der Waals surface area contributed by atoms with Crippen LogP contribution < -0.4 is 0 Å². The molecule has 13 heavy (non-hydrogen) atoms. The fraction of sp³-hybridized carbons (Fsp3) is 1.00. The van der Waals surface area contributed by atoms with Gasteiger partial charge in [-0.15, -0.1) is 0 Å². The molecule has 3 heteroatoms. The van der Waals surface area contributed by atoms with Gasteiger partial charge in [-0.3, -0.25) is 0 Å². The van der Waals surface area contributed by atoms with Crippen molar-refractivity contribution in [3.05, 3.63) is 0 Å². The van der Waals surface area contributed by atoms with Gasteiger partial charge in [0.2, 0.25) is 0 Å². The average Bonchev–Trinajstić information content (AvgIpc) is 2.54. The van der Waals surface area contributed by atoms with Gasteiger partial charge in [-0.25, -0.2) is 0 Å². The van der Waals surface area contributed by atoms with Crippen LogP contribution in [0.15, 0.2) is 0 Å². The minimum absolute atomic E-state index is 0.0316. The number of hydrogen-bond acceptors (Lipinski definition) is 3. The molecule has 1 aliphatic heterocycles. The SMILES string of the molecule is CCCC1OCC(CCCCO)O1. The monoisotopic (exact) mass is 188 g/mol. The van der Waals surface area contributed by atoms with Gasteiger partial charge in [0.1, 0.15) is 0 Å². The van der Waals surface area contributed by atoms with Crippen LogP contribution in [0.3, 0.4) is 0 Å². The molecule has 0 saturated carbocycles. The molecule has 0 amide bonds. The lowest BCUT2D eigenvalue weighted by Crippen LogP contribution is -2.12. The second-order valence-corrected chi connectivity index (χ2v) is 3.53. The predicted octanol–water partition coefficient (Wildman–Crippen LogP) is 1.69. The quantitative estimate of drug-likeness (QED) is 0.645. The number of hydrogen-bond donors (Lipinski definition) is 1. The summed E-state index contributed by atoms with van der Waals surface area (Å²) in [6.07, 6.45) is 5.32. The van der Waals surface area contributed by atoms with Crippen molar-refractivity contribution in [3.8, 4) is 0 Å². The fourth-order valence-corrected chi connectivity index (χ4v) is 1.53. The molecule has 3 nitrogen and oxygen atoms in total. The molecule has 0 radical (unpaired) electrons. The molecule has 0 aliphatic carbocycles. The van der Waals surface area contributed by atoms with Gasteiger partial charge in [-0.2, -0.15) is 0 Å². The van der Waals surface area contributed by atoms with Gasteiger partial charge in [0, 0.05) is 6.61 Å². The largest absolute Gasteiger partial charge is 0.396 e. The number of aliphatic hydroxyl groups is 1. The van der Waals surface area contributed by atoms with Gasteiger partial charge in [0.15, 0.2) is 6.29 Å². The van der Waals surface area contributed by atoms with Crippen molar-refractivity contribution in [2.45, 2.75) is 51.4 Å². The zero-order valence-electron chi connectivity index (χ0n) is 8.37. The van der Waals surface area contributed by atoms with Crippen LogP contribution >= 0.6 is 0 Å². The molecule has 1 rings (SSSR count). The van der Waals surface area contributed by atoms with Crippen molar-refractivity contribution in [1.29, 1.82) is 0 Å². The standard InChI is InChI=1S/C10H20O3/c1-2-5-10-12-8-9(13-10)6-3-4-7-11/h9-11H,2-8H2,1H3. The number of unbranched alkanes of at least 4 members (excludes halogenated alkanes) is 1. The Bertz CT molecular complexity index is 127. The highest BCUT2D eigenvalue weighted by molar-refractivity contribution is 4.65. The van der Waals surface area contributed by atoms with Crippen molar-refractivity contribution >= 4 is 0 Å². The van der Waals surface area contributed by atoms with Crippen molar-refractivity contribution in [2.24, 2.45) is 0 Å². The average molecular weight is 188 g/mol. The van der Waals surface area contributed by atoms with Crippen LogP contribution in [0.4, 0.5) is 0 Å². The highest BCUT2D eigenvalue weighted by atomic mass is 16.7. The van der Waals surface area contributed by atoms with E-state index in [1.807, 2.05) is 0 Å². The number of rotatable bonds is 6. The Morgan fingerprint density at radius 2 is 2.15 bits per heavy atom. The number of aliphatic hydroxyl groups excluding tert-OH is 1. The van der Waals surface area contributed by atoms with E-state index < -0.39 is 0 Å². The lowest BCUT2D eigenvalue weighted by atomic mass is 10.2. The third-order valence-electron chi connectivity index (χ3n) is 2.27. The fourth-order valence-electron chi connectivity index (χ4n) is 1.53. The van der Waals surface area contributed by atoms with E-state index in [1.165, 1.54) is 0 Å². The van der Waals surface area contributed by atoms with E-state index in [2.05, 4.69) is 6.92 Å². The summed E-state index contributed by atoms with van der Waals surface area (Å²) in [4.78, 5) is 0. The van der Waals surface area contributed by atoms with Crippen LogP contribution in [-0.2, 0) is 9.47 Å². The highest BCUT2D eigenvalue weighted by Gasteiger charge is 2.24. The van der Waals surface area contributed by atoms with Gasteiger partial charge in [-0.1, -0.05) is 13.3 Å². The van der Waals surface area contributed by atoms with Crippen LogP contribution in [-0.4, -0.2) is 30.7 Å². The lowest BCUT2D eigenvalue weighted by Gasteiger charge is -2.09. The molecule has 0 aromatic rings. The van der Waals surface area contributed by atoms with Gasteiger partial charge in [0.05, 0.1) is 12.7 Å². The predicted molar refractivity (Wildman–Crippen MR) is 50.5 cm³/mol. The summed E-state index contributed by atoms with van der Waals surface area (Å²) in [5, 5.41) is 8.60. The maximum Gasteiger partial charge on any atom is 0.158 e. The molecule has 2 unspecified atom stereocenters. The van der Waals surface area contributed by atoms with E-state index in [1.54, 1.807) is 0 Å². The molecule has 1 heterocycles. The first-order valence-electron chi connectivity index (χ1n) is 5.24. The van der Waals surface area contributed by atoms with Crippen LogP contribution in [0.25, 0.3) is 0 Å². The first-order valence-corrected chi connectivity index (χ1v) is 5.24. The Balaban J connectivity index is 2.03. The lowest BCUT2D eigenvalue weighted by molar-refractivity contribution is -0.0633. The molecule has 1 aliphatic rings. The van der Waals surface area contributed by atoms with E-state index in [-0.39, 0.29) is 19.0 Å². The van der Waals surface area contributed by atoms with Crippen LogP contribution in [0.5, 0.6) is 0 Å². The second-order valence-electron chi connectivity index (χ2n) is 3.53. The summed E-state index contributed by atoms with van der Waals surface area (Å²) in [5.41, 5.74) is 0. The topological polar surface area (TPSA) is 38.7 Å². The van der Waals surface area contributed by atoms with Crippen molar-refractivity contribution < 1.29 is 14.6 Å². The Morgan fingerprint density at radius 1 is 1.31 bits per heavy atom. The Kier molecular flexibility index (Phi) is 5.35. The third-order valence-corrected chi connectivity index (χ3v) is 2.27. The Labute approximate surface area is 80.0 Å². The van der Waals surface area contributed by atoms with Gasteiger partial charge in [0.25, 0.3) is 0 Å². The molecule has 0 aromatic heterocycles. The summed E-state index contributed by atoms with van der Waals surface area (Å²) < 4.78 is 11.1. The molecule has 0 aromatic carbocycles. The van der Waals surface area contributed by atoms with Crippen molar-refractivity contribution in [2.75, 3.05) is 13.2 Å². The van der Waals surface area contributed by atoms with E-state index in [0.29, 0.717) is 0 Å². The maximum atomic E-state index is 8.60. The summed E-state index contributed by atoms with van der Waals surface area (Å²) >= 11 is 0. The van der Waals surface area contributed by atoms with Gasteiger partial charge in [-0.05, 0) is 25.7 Å². The molecule has 1 fully saturated rings. The second kappa shape index (κ2) is 6.35. The van der Waals surface area contributed by atoms with Gasteiger partial charge >= 0.3 is 0 Å². The first-order chi connectivity index (χ1) is 6.36. The summed E-state index contributed by atoms with van der Waals surface area (Å²) in [5.74, 6) is 0. The maximum absolute atomic E-state index is 8.60. The van der Waals surface area contributed by atoms with E-state index in [0.717, 1.165) is 38.7 Å². The Morgan fingerprint density at radius 3 is 2.85 bits per heavy atom. The van der Waals surface area contributed by atoms with Crippen molar-refractivity contribution in [3.63, 3.8) is 0 Å². The number of ether oxygens (including phenoxy) is 2. The minimum atomic E-state index is 0.0316. The molecular weight excluding hydrogens is 168 g/mol. The normalized spacial score (nSPS) is 28.2. The highest BCUT2D eigenvalue weighted by Crippen LogP contribution is 2.19. The smallest absolute Gasteiger partial charge is 0.158 e. The van der Waals surface area contributed by atoms with Crippen LogP contribution in [0.2, 0.25) is 0 Å². The molecular formula is C10H20O3. The summed E-state index contributed by atoms with van der Waals surface area (Å²) in [6.45, 7) is 3.15. The van der Waals surface area contributed by atoms with Crippen LogP contribution in [0.1, 0.15) is 39.0 Å². The van der Waals surface area contributed by atoms with E-state index in [9.17, 15) is 0 Å². The summed E-state index contributed by atoms with van der Waals surface area (Å²) in [7, 11) is 0. The van der Waals surface area contributed by atoms with E-state index >= 15 is 0 Å². The third kappa shape index (κ3) is 4.07. The minimum Gasteiger partial charge on any atom is -0.396 e. The molecule has 78 valence electrons. The summed E-state index contributed by atoms with van der Waals surface area (Å²) in [6, 6.07) is 0. The molecule has 0 bridgehead atoms. The van der Waals surface area contributed by atoms with Crippen LogP contribution in [0, 0.1) is 0 Å². The molecule has 1 saturated heterocycles. The zero-order valence-corrected chi connectivity index (χ0v) is 8.37. The first kappa shape index (κ1) is 11.0. The Hall–Kier alpha value is -0.120. The van der Waals surface area contributed by atoms with E-state index in [4.69, 9.17) is 14.6 Å². The molecule has 1 N–H and O–H groups in total.